The monoisotopic (exact) mass is 738 g/mol. The summed E-state index contributed by atoms with van der Waals surface area (Å²) < 4.78 is 57.3. The van der Waals surface area contributed by atoms with Crippen molar-refractivity contribution in [1.29, 1.82) is 0 Å². The van der Waals surface area contributed by atoms with Crippen molar-refractivity contribution in [3.05, 3.63) is 194 Å². The predicted octanol–water partition coefficient (Wildman–Crippen LogP) is 13.7. The van der Waals surface area contributed by atoms with Crippen LogP contribution in [0.4, 0.5) is 0 Å². The summed E-state index contributed by atoms with van der Waals surface area (Å²) in [5.41, 5.74) is 8.02. The Bertz CT molecular complexity index is 3540. The van der Waals surface area contributed by atoms with Gasteiger partial charge in [-0.25, -0.2) is 15.0 Å². The molecule has 0 unspecified atom stereocenters. The second-order valence-electron chi connectivity index (χ2n) is 13.5. The molecule has 5 heteroatoms. The summed E-state index contributed by atoms with van der Waals surface area (Å²) in [7, 11) is 0. The second-order valence-corrected chi connectivity index (χ2v) is 14.6. The Morgan fingerprint density at radius 3 is 1.64 bits per heavy atom. The van der Waals surface area contributed by atoms with Crippen LogP contribution in [0.15, 0.2) is 194 Å². The van der Waals surface area contributed by atoms with Gasteiger partial charge in [0.2, 0.25) is 0 Å². The Morgan fingerprint density at radius 1 is 0.411 bits per heavy atom. The summed E-state index contributed by atoms with van der Waals surface area (Å²) in [6.07, 6.45) is 0. The van der Waals surface area contributed by atoms with Gasteiger partial charge in [0.05, 0.1) is 24.9 Å². The number of fused-ring (bicyclic) bond motifs is 6. The van der Waals surface area contributed by atoms with Gasteiger partial charge >= 0.3 is 0 Å². The van der Waals surface area contributed by atoms with Gasteiger partial charge in [0.25, 0.3) is 0 Å². The fraction of sp³-hybridized carbons (Fsp3) is 0. The van der Waals surface area contributed by atoms with E-state index < -0.39 is 0 Å². The maximum Gasteiger partial charge on any atom is 0.164 e. The van der Waals surface area contributed by atoms with Gasteiger partial charge in [0, 0.05) is 58.8 Å². The maximum absolute atomic E-state index is 9.59. The lowest BCUT2D eigenvalue weighted by molar-refractivity contribution is 1.07. The molecule has 11 aromatic rings. The largest absolute Gasteiger partial charge is 0.309 e. The standard InChI is InChI=1S/C51H32N4S/c1-3-14-33(15-4-1)34-26-28-36(29-27-34)50-52-49(35-16-5-2-6-17-35)53-51(54-50)37-30-31-46(55-44-23-10-7-18-38(44)39-19-8-11-24-45(39)55)43(32-37)42-22-13-21-41-40-20-9-12-25-47(40)56-48(41)42/h1-32H/i9D,13D,20D,21D,22D,25D. The third-order valence-electron chi connectivity index (χ3n) is 10.2. The van der Waals surface area contributed by atoms with E-state index in [1.165, 1.54) is 17.4 Å². The van der Waals surface area contributed by atoms with Crippen LogP contribution in [0.2, 0.25) is 0 Å². The molecule has 0 atom stereocenters. The van der Waals surface area contributed by atoms with Gasteiger partial charge in [-0.3, -0.25) is 0 Å². The number of aromatic nitrogens is 4. The maximum atomic E-state index is 9.59. The van der Waals surface area contributed by atoms with Gasteiger partial charge < -0.3 is 4.57 Å². The van der Waals surface area contributed by atoms with Crippen LogP contribution in [0, 0.1) is 0 Å². The summed E-state index contributed by atoms with van der Waals surface area (Å²) >= 11 is 1.22. The van der Waals surface area contributed by atoms with Crippen LogP contribution in [0.3, 0.4) is 0 Å². The van der Waals surface area contributed by atoms with Gasteiger partial charge in [-0.2, -0.15) is 0 Å². The topological polar surface area (TPSA) is 43.6 Å². The highest BCUT2D eigenvalue weighted by Gasteiger charge is 2.20. The van der Waals surface area contributed by atoms with Crippen molar-refractivity contribution >= 4 is 53.3 Å². The molecular weight excluding hydrogens is 701 g/mol. The molecule has 0 spiro atoms. The van der Waals surface area contributed by atoms with Gasteiger partial charge in [0.15, 0.2) is 17.5 Å². The van der Waals surface area contributed by atoms with Crippen molar-refractivity contribution in [2.24, 2.45) is 0 Å². The van der Waals surface area contributed by atoms with Gasteiger partial charge in [-0.15, -0.1) is 11.3 Å². The minimum Gasteiger partial charge on any atom is -0.309 e. The van der Waals surface area contributed by atoms with Crippen LogP contribution in [-0.2, 0) is 0 Å². The molecular formula is C51H32N4S. The van der Waals surface area contributed by atoms with Gasteiger partial charge in [-0.05, 0) is 47.5 Å². The average molecular weight is 739 g/mol. The zero-order chi connectivity index (χ0) is 42.2. The number of rotatable bonds is 6. The molecule has 262 valence electrons. The molecule has 0 radical (unpaired) electrons. The fourth-order valence-electron chi connectivity index (χ4n) is 7.61. The van der Waals surface area contributed by atoms with Gasteiger partial charge in [0.1, 0.15) is 0 Å². The first-order chi connectivity index (χ1) is 30.2. The van der Waals surface area contributed by atoms with E-state index >= 15 is 0 Å². The predicted molar refractivity (Wildman–Crippen MR) is 234 cm³/mol. The normalized spacial score (nSPS) is 13.1. The van der Waals surface area contributed by atoms with E-state index in [1.54, 1.807) is 0 Å². The van der Waals surface area contributed by atoms with Crippen LogP contribution in [0.25, 0.3) is 104 Å². The van der Waals surface area contributed by atoms with Crippen molar-refractivity contribution in [3.63, 3.8) is 0 Å². The Balaban J connectivity index is 1.21. The molecule has 0 aliphatic rings. The van der Waals surface area contributed by atoms with Crippen LogP contribution >= 0.6 is 11.3 Å². The van der Waals surface area contributed by atoms with E-state index in [1.807, 2.05) is 103 Å². The Hall–Kier alpha value is -7.21. The quantitative estimate of drug-likeness (QED) is 0.171. The SMILES string of the molecule is [2H]c1cc([2H])c2sc3c(-c4cc(-c5nc(-c6ccccc6)nc(-c6ccc(-c7ccccc7)cc6)n5)ccc4-n4c5ccccc5c5ccccc54)c([2H])c([2H])c([2H])c3c2c1[2H]. The zero-order valence-corrected chi connectivity index (χ0v) is 30.5. The van der Waals surface area contributed by atoms with Crippen LogP contribution in [-0.4, -0.2) is 19.5 Å². The van der Waals surface area contributed by atoms with E-state index in [9.17, 15) is 2.74 Å². The van der Waals surface area contributed by atoms with E-state index in [4.69, 9.17) is 20.4 Å². The first-order valence-corrected chi connectivity index (χ1v) is 19.1. The Kier molecular flexibility index (Phi) is 6.29. The third-order valence-corrected chi connectivity index (χ3v) is 11.4. The van der Waals surface area contributed by atoms with E-state index in [2.05, 4.69) is 53.1 Å². The summed E-state index contributed by atoms with van der Waals surface area (Å²) in [6.45, 7) is 0. The van der Waals surface area contributed by atoms with E-state index in [0.717, 1.165) is 49.7 Å². The molecule has 4 nitrogen and oxygen atoms in total. The van der Waals surface area contributed by atoms with E-state index in [-0.39, 0.29) is 41.6 Å². The van der Waals surface area contributed by atoms with Crippen LogP contribution < -0.4 is 0 Å². The first-order valence-electron chi connectivity index (χ1n) is 21.3. The molecule has 0 fully saturated rings. The van der Waals surface area contributed by atoms with E-state index in [0.29, 0.717) is 48.9 Å². The van der Waals surface area contributed by atoms with Gasteiger partial charge in [-0.1, -0.05) is 158 Å². The molecule has 3 aromatic heterocycles. The Labute approximate surface area is 336 Å². The molecule has 0 aliphatic carbocycles. The number of thiophene rings is 1. The van der Waals surface area contributed by atoms with Crippen molar-refractivity contribution in [3.8, 4) is 62.1 Å². The van der Waals surface area contributed by atoms with Crippen molar-refractivity contribution in [2.45, 2.75) is 0 Å². The van der Waals surface area contributed by atoms with Crippen molar-refractivity contribution < 1.29 is 8.22 Å². The summed E-state index contributed by atoms with van der Waals surface area (Å²) in [5, 5.41) is 2.67. The Morgan fingerprint density at radius 2 is 0.946 bits per heavy atom. The molecule has 0 aliphatic heterocycles. The highest BCUT2D eigenvalue weighted by Crippen LogP contribution is 2.44. The summed E-state index contributed by atoms with van der Waals surface area (Å²) in [5.74, 6) is 1.38. The molecule has 11 rings (SSSR count). The number of hydrogen-bond donors (Lipinski definition) is 0. The van der Waals surface area contributed by atoms with Crippen LogP contribution in [0.5, 0.6) is 0 Å². The third kappa shape index (κ3) is 5.40. The molecule has 56 heavy (non-hydrogen) atoms. The van der Waals surface area contributed by atoms with Crippen molar-refractivity contribution in [2.75, 3.05) is 0 Å². The molecule has 0 saturated heterocycles. The lowest BCUT2D eigenvalue weighted by Gasteiger charge is -2.17. The molecule has 0 N–H and O–H groups in total. The first kappa shape index (κ1) is 26.5. The average Bonchev–Trinajstić information content (AvgIpc) is 3.88. The molecule has 3 heterocycles. The number of para-hydroxylation sites is 2. The zero-order valence-electron chi connectivity index (χ0n) is 35.7. The number of benzene rings is 8. The highest BCUT2D eigenvalue weighted by molar-refractivity contribution is 7.26. The minimum absolute atomic E-state index is 0.0601. The smallest absolute Gasteiger partial charge is 0.164 e. The fourth-order valence-corrected chi connectivity index (χ4v) is 8.70. The highest BCUT2D eigenvalue weighted by atomic mass is 32.1. The molecule has 0 saturated carbocycles. The van der Waals surface area contributed by atoms with Crippen molar-refractivity contribution in [1.82, 2.24) is 19.5 Å². The lowest BCUT2D eigenvalue weighted by atomic mass is 9.98. The second kappa shape index (κ2) is 13.3. The minimum atomic E-state index is -0.306. The number of hydrogen-bond acceptors (Lipinski definition) is 4. The molecule has 0 amide bonds. The lowest BCUT2D eigenvalue weighted by Crippen LogP contribution is -2.02. The summed E-state index contributed by atoms with van der Waals surface area (Å²) in [4.78, 5) is 15.1. The number of nitrogens with zero attached hydrogens (tertiary/aromatic N) is 4. The van der Waals surface area contributed by atoms with Crippen LogP contribution in [0.1, 0.15) is 8.22 Å². The molecule has 0 bridgehead atoms. The molecule has 8 aromatic carbocycles. The summed E-state index contributed by atoms with van der Waals surface area (Å²) in [6, 6.07) is 50.8.